The minimum absolute atomic E-state index is 0.0455. The number of carbonyl (C=O) groups is 1. The first-order valence-electron chi connectivity index (χ1n) is 11.7. The molecule has 0 unspecified atom stereocenters. The monoisotopic (exact) mass is 514 g/mol. The number of thioether (sulfide) groups is 1. The number of benzene rings is 2. The van der Waals surface area contributed by atoms with Gasteiger partial charge >= 0.3 is 0 Å². The maximum Gasteiger partial charge on any atom is 0.230 e. The van der Waals surface area contributed by atoms with Crippen LogP contribution in [0.1, 0.15) is 11.5 Å². The number of rotatable bonds is 10. The van der Waals surface area contributed by atoms with Gasteiger partial charge in [-0.15, -0.1) is 11.8 Å². The summed E-state index contributed by atoms with van der Waals surface area (Å²) < 4.78 is 11.0. The molecule has 186 valence electrons. The van der Waals surface area contributed by atoms with E-state index in [0.717, 1.165) is 60.5 Å². The van der Waals surface area contributed by atoms with Crippen LogP contribution in [0, 0.1) is 6.92 Å². The van der Waals surface area contributed by atoms with Crippen molar-refractivity contribution in [2.75, 3.05) is 57.0 Å². The van der Waals surface area contributed by atoms with E-state index >= 15 is 0 Å². The average Bonchev–Trinajstić information content (AvgIpc) is 3.25. The molecule has 1 amide bonds. The standard InChI is InChI=1S/C26H31ClN4O3S/c1-19-24(29-26(34-19)20-6-8-23(33-2)9-7-20)17-35-18-25(32)28-10-11-30-12-14-31(15-13-30)22-5-3-4-21(27)16-22/h3-9,16H,10-15,17-18H2,1-2H3,(H,28,32). The lowest BCUT2D eigenvalue weighted by atomic mass is 10.2. The van der Waals surface area contributed by atoms with Gasteiger partial charge in [-0.2, -0.15) is 0 Å². The summed E-state index contributed by atoms with van der Waals surface area (Å²) in [5.41, 5.74) is 2.93. The molecule has 4 rings (SSSR count). The van der Waals surface area contributed by atoms with Crippen molar-refractivity contribution in [2.45, 2.75) is 12.7 Å². The second-order valence-corrected chi connectivity index (χ2v) is 9.82. The van der Waals surface area contributed by atoms with E-state index in [0.29, 0.717) is 23.9 Å². The number of carbonyl (C=O) groups excluding carboxylic acids is 1. The molecule has 3 aromatic rings. The van der Waals surface area contributed by atoms with E-state index in [1.807, 2.05) is 49.4 Å². The maximum absolute atomic E-state index is 12.3. The molecular formula is C26H31ClN4O3S. The number of oxazole rings is 1. The SMILES string of the molecule is COc1ccc(-c2nc(CSCC(=O)NCCN3CCN(c4cccc(Cl)c4)CC3)c(C)o2)cc1. The van der Waals surface area contributed by atoms with Crippen LogP contribution in [-0.2, 0) is 10.5 Å². The fourth-order valence-corrected chi connectivity index (χ4v) is 5.00. The predicted molar refractivity (Wildman–Crippen MR) is 143 cm³/mol. The van der Waals surface area contributed by atoms with Crippen LogP contribution >= 0.6 is 23.4 Å². The van der Waals surface area contributed by atoms with Crippen LogP contribution < -0.4 is 15.0 Å². The van der Waals surface area contributed by atoms with Gasteiger partial charge in [0.05, 0.1) is 18.6 Å². The second kappa shape index (κ2) is 12.3. The highest BCUT2D eigenvalue weighted by molar-refractivity contribution is 7.99. The van der Waals surface area contributed by atoms with Crippen molar-refractivity contribution in [1.29, 1.82) is 0 Å². The summed E-state index contributed by atoms with van der Waals surface area (Å²) in [6.07, 6.45) is 0. The van der Waals surface area contributed by atoms with Crippen molar-refractivity contribution in [2.24, 2.45) is 0 Å². The third-order valence-corrected chi connectivity index (χ3v) is 7.18. The van der Waals surface area contributed by atoms with E-state index in [2.05, 4.69) is 26.2 Å². The summed E-state index contributed by atoms with van der Waals surface area (Å²) in [6.45, 7) is 7.27. The Morgan fingerprint density at radius 3 is 2.66 bits per heavy atom. The summed E-state index contributed by atoms with van der Waals surface area (Å²) >= 11 is 7.66. The van der Waals surface area contributed by atoms with Gasteiger partial charge in [-0.25, -0.2) is 4.98 Å². The number of nitrogens with one attached hydrogen (secondary N) is 1. The Labute approximate surface area is 215 Å². The van der Waals surface area contributed by atoms with E-state index in [1.54, 1.807) is 18.9 Å². The van der Waals surface area contributed by atoms with Crippen LogP contribution in [0.15, 0.2) is 52.9 Å². The molecule has 0 saturated carbocycles. The van der Waals surface area contributed by atoms with Crippen LogP contribution in [0.5, 0.6) is 5.75 Å². The Kier molecular flexibility index (Phi) is 8.95. The molecule has 0 radical (unpaired) electrons. The number of halogens is 1. The Morgan fingerprint density at radius 1 is 1.17 bits per heavy atom. The summed E-state index contributed by atoms with van der Waals surface area (Å²) in [4.78, 5) is 21.6. The van der Waals surface area contributed by atoms with Crippen LogP contribution in [-0.4, -0.2) is 67.9 Å². The first kappa shape index (κ1) is 25.4. The molecule has 2 aromatic carbocycles. The van der Waals surface area contributed by atoms with Crippen LogP contribution in [0.25, 0.3) is 11.5 Å². The Morgan fingerprint density at radius 2 is 1.94 bits per heavy atom. The van der Waals surface area contributed by atoms with E-state index in [-0.39, 0.29) is 5.91 Å². The number of ether oxygens (including phenoxy) is 1. The minimum Gasteiger partial charge on any atom is -0.497 e. The zero-order valence-electron chi connectivity index (χ0n) is 20.1. The second-order valence-electron chi connectivity index (χ2n) is 8.40. The van der Waals surface area contributed by atoms with Crippen LogP contribution in [0.4, 0.5) is 5.69 Å². The molecule has 0 spiro atoms. The molecule has 0 bridgehead atoms. The lowest BCUT2D eigenvalue weighted by molar-refractivity contribution is -0.118. The molecule has 1 aromatic heterocycles. The molecule has 1 aliphatic rings. The average molecular weight is 515 g/mol. The highest BCUT2D eigenvalue weighted by Crippen LogP contribution is 2.26. The van der Waals surface area contributed by atoms with Crippen molar-refractivity contribution in [3.05, 3.63) is 65.0 Å². The van der Waals surface area contributed by atoms with Crippen LogP contribution in [0.3, 0.4) is 0 Å². The van der Waals surface area contributed by atoms with Crippen molar-refractivity contribution in [1.82, 2.24) is 15.2 Å². The van der Waals surface area contributed by atoms with E-state index in [9.17, 15) is 4.79 Å². The zero-order chi connectivity index (χ0) is 24.6. The summed E-state index contributed by atoms with van der Waals surface area (Å²) in [7, 11) is 1.64. The number of hydrogen-bond donors (Lipinski definition) is 1. The largest absolute Gasteiger partial charge is 0.497 e. The van der Waals surface area contributed by atoms with Gasteiger partial charge < -0.3 is 19.4 Å². The normalized spacial score (nSPS) is 14.2. The number of methoxy groups -OCH3 is 1. The van der Waals surface area contributed by atoms with Gasteiger partial charge in [-0.3, -0.25) is 9.69 Å². The molecule has 7 nitrogen and oxygen atoms in total. The highest BCUT2D eigenvalue weighted by atomic mass is 35.5. The van der Waals surface area contributed by atoms with Crippen molar-refractivity contribution in [3.63, 3.8) is 0 Å². The minimum atomic E-state index is 0.0455. The molecule has 1 N–H and O–H groups in total. The number of anilines is 1. The smallest absolute Gasteiger partial charge is 0.230 e. The Bertz CT molecular complexity index is 1110. The predicted octanol–water partition coefficient (Wildman–Crippen LogP) is 4.48. The maximum atomic E-state index is 12.3. The van der Waals surface area contributed by atoms with E-state index in [1.165, 1.54) is 5.69 Å². The Balaban J connectivity index is 1.13. The number of nitrogens with zero attached hydrogens (tertiary/aromatic N) is 3. The lowest BCUT2D eigenvalue weighted by Gasteiger charge is -2.36. The zero-order valence-corrected chi connectivity index (χ0v) is 21.7. The Hall–Kier alpha value is -2.68. The van der Waals surface area contributed by atoms with Crippen molar-refractivity contribution >= 4 is 35.0 Å². The summed E-state index contributed by atoms with van der Waals surface area (Å²) in [5.74, 6) is 3.22. The topological polar surface area (TPSA) is 70.8 Å². The molecule has 1 fully saturated rings. The van der Waals surface area contributed by atoms with Gasteiger partial charge in [0.25, 0.3) is 0 Å². The number of piperazine rings is 1. The first-order valence-corrected chi connectivity index (χ1v) is 13.2. The van der Waals surface area contributed by atoms with E-state index < -0.39 is 0 Å². The van der Waals surface area contributed by atoms with Gasteiger partial charge in [0.15, 0.2) is 0 Å². The third kappa shape index (κ3) is 7.16. The van der Waals surface area contributed by atoms with Gasteiger partial charge in [0.2, 0.25) is 11.8 Å². The number of aromatic nitrogens is 1. The fraction of sp³-hybridized carbons (Fsp3) is 0.385. The number of amides is 1. The van der Waals surface area contributed by atoms with Crippen molar-refractivity contribution < 1.29 is 13.9 Å². The van der Waals surface area contributed by atoms with E-state index in [4.69, 9.17) is 20.8 Å². The highest BCUT2D eigenvalue weighted by Gasteiger charge is 2.17. The molecule has 35 heavy (non-hydrogen) atoms. The van der Waals surface area contributed by atoms with Crippen LogP contribution in [0.2, 0.25) is 5.02 Å². The molecule has 1 saturated heterocycles. The molecule has 0 aliphatic carbocycles. The summed E-state index contributed by atoms with van der Waals surface area (Å²) in [5, 5.41) is 3.80. The number of aryl methyl sites for hydroxylation is 1. The fourth-order valence-electron chi connectivity index (χ4n) is 3.97. The van der Waals surface area contributed by atoms with Gasteiger partial charge in [-0.05, 0) is 49.4 Å². The molecule has 1 aliphatic heterocycles. The van der Waals surface area contributed by atoms with Gasteiger partial charge in [0, 0.05) is 61.3 Å². The molecule has 0 atom stereocenters. The molecular weight excluding hydrogens is 484 g/mol. The summed E-state index contributed by atoms with van der Waals surface area (Å²) in [6, 6.07) is 15.6. The first-order chi connectivity index (χ1) is 17.0. The molecule has 9 heteroatoms. The third-order valence-electron chi connectivity index (χ3n) is 6.00. The van der Waals surface area contributed by atoms with Gasteiger partial charge in [-0.1, -0.05) is 17.7 Å². The quantitative estimate of drug-likeness (QED) is 0.427. The van der Waals surface area contributed by atoms with Crippen molar-refractivity contribution in [3.8, 4) is 17.2 Å². The molecule has 2 heterocycles. The lowest BCUT2D eigenvalue weighted by Crippen LogP contribution is -2.48. The number of hydrogen-bond acceptors (Lipinski definition) is 7. The van der Waals surface area contributed by atoms with Gasteiger partial charge in [0.1, 0.15) is 11.5 Å².